The molecule has 2 saturated heterocycles. The Hall–Kier alpha value is -2.86. The number of rotatable bonds is 7. The van der Waals surface area contributed by atoms with Gasteiger partial charge in [-0.3, -0.25) is 9.59 Å². The maximum Gasteiger partial charge on any atom is 0.254 e. The number of carbonyl (C=O) groups excluding carboxylic acids is 2. The lowest BCUT2D eigenvalue weighted by Crippen LogP contribution is -2.42. The van der Waals surface area contributed by atoms with Crippen molar-refractivity contribution in [3.05, 3.63) is 65.2 Å². The van der Waals surface area contributed by atoms with Gasteiger partial charge in [-0.2, -0.15) is 0 Å². The standard InChI is InChI=1S/C26H33N3O3/c1-27(2)25(30)22-8-5-7-20(17-22)19-32-24-12-10-21(11-13-24)26(31)29-16-6-9-23(29)18-28-14-3-4-15-28/h5,7-8,10-13,17,23H,3-4,6,9,14-16,18-19H2,1-2H3. The SMILES string of the molecule is CN(C)C(=O)c1cccc(COc2ccc(C(=O)N3CCCC3CN3CCCC3)cc2)c1. The first-order valence-electron chi connectivity index (χ1n) is 11.6. The summed E-state index contributed by atoms with van der Waals surface area (Å²) in [5.74, 6) is 0.800. The first-order valence-corrected chi connectivity index (χ1v) is 11.6. The van der Waals surface area contributed by atoms with E-state index in [1.165, 1.54) is 12.8 Å². The van der Waals surface area contributed by atoms with Gasteiger partial charge in [0.05, 0.1) is 0 Å². The highest BCUT2D eigenvalue weighted by molar-refractivity contribution is 5.95. The summed E-state index contributed by atoms with van der Waals surface area (Å²) in [6.45, 7) is 4.54. The summed E-state index contributed by atoms with van der Waals surface area (Å²) in [5.41, 5.74) is 2.29. The van der Waals surface area contributed by atoms with Crippen LogP contribution in [0.25, 0.3) is 0 Å². The number of ether oxygens (including phenoxy) is 1. The zero-order valence-corrected chi connectivity index (χ0v) is 19.1. The van der Waals surface area contributed by atoms with E-state index in [4.69, 9.17) is 4.74 Å². The van der Waals surface area contributed by atoms with Gasteiger partial charge in [0, 0.05) is 44.4 Å². The summed E-state index contributed by atoms with van der Waals surface area (Å²) in [6.07, 6.45) is 4.73. The number of hydrogen-bond donors (Lipinski definition) is 0. The summed E-state index contributed by atoms with van der Waals surface area (Å²) < 4.78 is 5.90. The number of likely N-dealkylation sites (tertiary alicyclic amines) is 2. The third-order valence-corrected chi connectivity index (χ3v) is 6.39. The van der Waals surface area contributed by atoms with Gasteiger partial charge in [0.15, 0.2) is 0 Å². The van der Waals surface area contributed by atoms with Crippen LogP contribution in [0, 0.1) is 0 Å². The summed E-state index contributed by atoms with van der Waals surface area (Å²) in [7, 11) is 3.48. The maximum absolute atomic E-state index is 13.1. The molecule has 1 atom stereocenters. The van der Waals surface area contributed by atoms with E-state index in [9.17, 15) is 9.59 Å². The number of nitrogens with zero attached hydrogens (tertiary/aromatic N) is 3. The van der Waals surface area contributed by atoms with E-state index in [-0.39, 0.29) is 11.8 Å². The van der Waals surface area contributed by atoms with Crippen LogP contribution in [0.5, 0.6) is 5.75 Å². The second kappa shape index (κ2) is 10.2. The van der Waals surface area contributed by atoms with E-state index in [0.29, 0.717) is 29.5 Å². The molecule has 0 N–H and O–H groups in total. The van der Waals surface area contributed by atoms with Crippen LogP contribution in [0.1, 0.15) is 52.0 Å². The topological polar surface area (TPSA) is 53.1 Å². The van der Waals surface area contributed by atoms with Crippen molar-refractivity contribution < 1.29 is 14.3 Å². The van der Waals surface area contributed by atoms with Crippen molar-refractivity contribution in [3.63, 3.8) is 0 Å². The molecule has 4 rings (SSSR count). The monoisotopic (exact) mass is 435 g/mol. The summed E-state index contributed by atoms with van der Waals surface area (Å²) in [5, 5.41) is 0. The quantitative estimate of drug-likeness (QED) is 0.666. The van der Waals surface area contributed by atoms with Gasteiger partial charge in [0.25, 0.3) is 11.8 Å². The second-order valence-electron chi connectivity index (χ2n) is 9.02. The fourth-order valence-electron chi connectivity index (χ4n) is 4.63. The molecule has 0 radical (unpaired) electrons. The van der Waals surface area contributed by atoms with Crippen LogP contribution in [-0.4, -0.2) is 72.8 Å². The van der Waals surface area contributed by atoms with Crippen molar-refractivity contribution in [1.29, 1.82) is 0 Å². The van der Waals surface area contributed by atoms with E-state index in [1.807, 2.05) is 48.5 Å². The zero-order chi connectivity index (χ0) is 22.5. The zero-order valence-electron chi connectivity index (χ0n) is 19.1. The molecule has 2 aromatic carbocycles. The van der Waals surface area contributed by atoms with Crippen LogP contribution in [0.3, 0.4) is 0 Å². The smallest absolute Gasteiger partial charge is 0.254 e. The fraction of sp³-hybridized carbons (Fsp3) is 0.462. The second-order valence-corrected chi connectivity index (χ2v) is 9.02. The fourth-order valence-corrected chi connectivity index (χ4v) is 4.63. The van der Waals surface area contributed by atoms with Crippen molar-refractivity contribution in [2.45, 2.75) is 38.3 Å². The van der Waals surface area contributed by atoms with Crippen molar-refractivity contribution in [2.24, 2.45) is 0 Å². The molecule has 2 amide bonds. The van der Waals surface area contributed by atoms with Crippen molar-refractivity contribution >= 4 is 11.8 Å². The maximum atomic E-state index is 13.1. The van der Waals surface area contributed by atoms with E-state index in [2.05, 4.69) is 9.80 Å². The molecule has 0 saturated carbocycles. The predicted octanol–water partition coefficient (Wildman–Crippen LogP) is 3.67. The van der Waals surface area contributed by atoms with Gasteiger partial charge in [-0.15, -0.1) is 0 Å². The molecule has 2 aromatic rings. The highest BCUT2D eigenvalue weighted by atomic mass is 16.5. The van der Waals surface area contributed by atoms with Crippen LogP contribution in [0.2, 0.25) is 0 Å². The Bertz CT molecular complexity index is 936. The number of amides is 2. The van der Waals surface area contributed by atoms with Gasteiger partial charge in [-0.05, 0) is 80.7 Å². The first-order chi connectivity index (χ1) is 15.5. The molecule has 0 aromatic heterocycles. The van der Waals surface area contributed by atoms with Crippen molar-refractivity contribution in [1.82, 2.24) is 14.7 Å². The molecule has 1 unspecified atom stereocenters. The van der Waals surface area contributed by atoms with Gasteiger partial charge in [-0.1, -0.05) is 12.1 Å². The first kappa shape index (κ1) is 22.3. The van der Waals surface area contributed by atoms with E-state index < -0.39 is 0 Å². The van der Waals surface area contributed by atoms with E-state index >= 15 is 0 Å². The largest absolute Gasteiger partial charge is 0.489 e. The summed E-state index contributed by atoms with van der Waals surface area (Å²) in [4.78, 5) is 31.4. The molecular formula is C26H33N3O3. The Balaban J connectivity index is 1.34. The predicted molar refractivity (Wildman–Crippen MR) is 125 cm³/mol. The highest BCUT2D eigenvalue weighted by Crippen LogP contribution is 2.24. The van der Waals surface area contributed by atoms with Crippen LogP contribution < -0.4 is 4.74 Å². The van der Waals surface area contributed by atoms with Crippen molar-refractivity contribution in [2.75, 3.05) is 40.3 Å². The molecule has 2 heterocycles. The Morgan fingerprint density at radius 2 is 1.72 bits per heavy atom. The van der Waals surface area contributed by atoms with Crippen LogP contribution in [0.4, 0.5) is 0 Å². The summed E-state index contributed by atoms with van der Waals surface area (Å²) >= 11 is 0. The Labute approximate surface area is 190 Å². The highest BCUT2D eigenvalue weighted by Gasteiger charge is 2.31. The molecule has 2 aliphatic heterocycles. The molecule has 2 fully saturated rings. The van der Waals surface area contributed by atoms with Crippen LogP contribution in [0.15, 0.2) is 48.5 Å². The van der Waals surface area contributed by atoms with Crippen LogP contribution >= 0.6 is 0 Å². The minimum Gasteiger partial charge on any atom is -0.489 e. The van der Waals surface area contributed by atoms with Gasteiger partial charge >= 0.3 is 0 Å². The number of carbonyl (C=O) groups is 2. The summed E-state index contributed by atoms with van der Waals surface area (Å²) in [6, 6.07) is 15.2. The van der Waals surface area contributed by atoms with Gasteiger partial charge in [0.1, 0.15) is 12.4 Å². The number of benzene rings is 2. The molecule has 170 valence electrons. The van der Waals surface area contributed by atoms with Crippen LogP contribution in [-0.2, 0) is 6.61 Å². The lowest BCUT2D eigenvalue weighted by atomic mass is 10.1. The third kappa shape index (κ3) is 5.30. The average Bonchev–Trinajstić information content (AvgIpc) is 3.50. The van der Waals surface area contributed by atoms with E-state index in [0.717, 1.165) is 44.6 Å². The molecule has 0 bridgehead atoms. The Kier molecular flexibility index (Phi) is 7.10. The molecule has 0 spiro atoms. The lowest BCUT2D eigenvalue weighted by Gasteiger charge is -2.28. The minimum atomic E-state index is -0.0281. The third-order valence-electron chi connectivity index (χ3n) is 6.39. The molecule has 32 heavy (non-hydrogen) atoms. The normalized spacial score (nSPS) is 18.7. The Morgan fingerprint density at radius 1 is 0.969 bits per heavy atom. The lowest BCUT2D eigenvalue weighted by molar-refractivity contribution is 0.0708. The minimum absolute atomic E-state index is 0.0281. The number of hydrogen-bond acceptors (Lipinski definition) is 4. The average molecular weight is 436 g/mol. The molecular weight excluding hydrogens is 402 g/mol. The molecule has 6 nitrogen and oxygen atoms in total. The molecule has 6 heteroatoms. The van der Waals surface area contributed by atoms with E-state index in [1.54, 1.807) is 19.0 Å². The van der Waals surface area contributed by atoms with Gasteiger partial charge < -0.3 is 19.4 Å². The molecule has 2 aliphatic rings. The van der Waals surface area contributed by atoms with Crippen molar-refractivity contribution in [3.8, 4) is 5.75 Å². The Morgan fingerprint density at radius 3 is 2.44 bits per heavy atom. The van der Waals surface area contributed by atoms with Gasteiger partial charge in [-0.25, -0.2) is 0 Å². The molecule has 0 aliphatic carbocycles. The van der Waals surface area contributed by atoms with Gasteiger partial charge in [0.2, 0.25) is 0 Å².